The number of nitrogens with zero attached hydrogens (tertiary/aromatic N) is 2. The van der Waals surface area contributed by atoms with Crippen LogP contribution in [0.2, 0.25) is 0 Å². The largest absolute Gasteiger partial charge is 0.497 e. The Hall–Kier alpha value is -4.76. The molecule has 0 spiro atoms. The normalized spacial score (nSPS) is 18.9. The van der Waals surface area contributed by atoms with E-state index < -0.39 is 58.0 Å². The van der Waals surface area contributed by atoms with E-state index in [1.165, 1.54) is 32.0 Å². The molecule has 2 unspecified atom stereocenters. The topological polar surface area (TPSA) is 116 Å². The molecule has 4 aromatic rings. The molecule has 3 aromatic carbocycles. The zero-order chi connectivity index (χ0) is 33.6. The van der Waals surface area contributed by atoms with Gasteiger partial charge in [0.15, 0.2) is 11.5 Å². The first-order valence-electron chi connectivity index (χ1n) is 14.1. The van der Waals surface area contributed by atoms with Gasteiger partial charge in [-0.1, -0.05) is 35.2 Å². The van der Waals surface area contributed by atoms with Gasteiger partial charge in [-0.25, -0.2) is 4.90 Å². The van der Waals surface area contributed by atoms with E-state index >= 15 is 0 Å². The summed E-state index contributed by atoms with van der Waals surface area (Å²) in [4.78, 5) is 55.7. The van der Waals surface area contributed by atoms with Crippen LogP contribution in [0.5, 0.6) is 17.2 Å². The van der Waals surface area contributed by atoms with Crippen LogP contribution in [0, 0.1) is 5.92 Å². The van der Waals surface area contributed by atoms with Gasteiger partial charge in [0.05, 0.1) is 43.5 Å². The second-order valence-corrected chi connectivity index (χ2v) is 12.7. The predicted octanol–water partition coefficient (Wildman–Crippen LogP) is 5.39. The number of aromatic nitrogens is 1. The lowest BCUT2D eigenvalue weighted by molar-refractivity contribution is -0.137. The maximum absolute atomic E-state index is 14.1. The first-order chi connectivity index (χ1) is 22.4. The Morgan fingerprint density at radius 2 is 1.62 bits per heavy atom. The van der Waals surface area contributed by atoms with E-state index in [1.54, 1.807) is 42.5 Å². The molecule has 6 rings (SSSR count). The number of carbonyl (C=O) groups excluding carboxylic acids is 3. The molecule has 3 heterocycles. The fraction of sp³-hybridized carbons (Fsp3) is 0.250. The number of hydrogen-bond acceptors (Lipinski definition) is 9. The van der Waals surface area contributed by atoms with Crippen LogP contribution >= 0.6 is 23.1 Å². The zero-order valence-corrected chi connectivity index (χ0v) is 26.6. The Kier molecular flexibility index (Phi) is 8.53. The summed E-state index contributed by atoms with van der Waals surface area (Å²) in [6, 6.07) is 15.7. The molecular weight excluding hydrogens is 659 g/mol. The lowest BCUT2D eigenvalue weighted by atomic mass is 9.83. The third-order valence-corrected chi connectivity index (χ3v) is 10.5. The van der Waals surface area contributed by atoms with E-state index in [-0.39, 0.29) is 5.69 Å². The van der Waals surface area contributed by atoms with Gasteiger partial charge in [0, 0.05) is 16.5 Å². The number of hydrogen-bond donors (Lipinski definition) is 1. The highest BCUT2D eigenvalue weighted by Gasteiger charge is 2.57. The number of rotatable bonds is 8. The zero-order valence-electron chi connectivity index (χ0n) is 25.0. The number of alkyl halides is 3. The van der Waals surface area contributed by atoms with Gasteiger partial charge in [0.1, 0.15) is 17.5 Å². The Labute approximate surface area is 274 Å². The molecule has 0 saturated carbocycles. The molecule has 1 aromatic heterocycles. The smallest absolute Gasteiger partial charge is 0.416 e. The van der Waals surface area contributed by atoms with Crippen molar-refractivity contribution in [3.63, 3.8) is 0 Å². The van der Waals surface area contributed by atoms with Crippen LogP contribution in [0.3, 0.4) is 0 Å². The van der Waals surface area contributed by atoms with Crippen molar-refractivity contribution in [1.29, 1.82) is 0 Å². The van der Waals surface area contributed by atoms with Gasteiger partial charge in [-0.3, -0.25) is 23.7 Å². The van der Waals surface area contributed by atoms with E-state index in [0.717, 1.165) is 46.2 Å². The summed E-state index contributed by atoms with van der Waals surface area (Å²) < 4.78 is 56.9. The number of nitrogens with one attached hydrogen (secondary N) is 1. The summed E-state index contributed by atoms with van der Waals surface area (Å²) in [6.07, 6.45) is -4.61. The minimum absolute atomic E-state index is 0.0930. The number of thioether (sulfide) groups is 1. The fourth-order valence-corrected chi connectivity index (χ4v) is 8.54. The Bertz CT molecular complexity index is 1940. The SMILES string of the molecule is COc1ccc(N2C(=O)C3Sc4c(sc(=O)n4CC(=O)Nc4cccc(C(F)(F)F)c4)[C@H](c4ccc(OC)c(OC)c4)C3C2=O)cc1. The summed E-state index contributed by atoms with van der Waals surface area (Å²) in [5, 5.41) is 1.79. The van der Waals surface area contributed by atoms with Crippen LogP contribution in [-0.4, -0.2) is 48.9 Å². The van der Waals surface area contributed by atoms with Crippen molar-refractivity contribution in [3.8, 4) is 17.2 Å². The average molecular weight is 686 g/mol. The molecule has 15 heteroatoms. The number of amides is 3. The third-order valence-electron chi connectivity index (χ3n) is 7.92. The predicted molar refractivity (Wildman–Crippen MR) is 169 cm³/mol. The van der Waals surface area contributed by atoms with Crippen molar-refractivity contribution in [2.45, 2.75) is 28.9 Å². The molecule has 1 saturated heterocycles. The van der Waals surface area contributed by atoms with Crippen LogP contribution in [-0.2, 0) is 27.1 Å². The number of thiazole rings is 1. The van der Waals surface area contributed by atoms with Crippen molar-refractivity contribution < 1.29 is 41.8 Å². The van der Waals surface area contributed by atoms with Crippen LogP contribution in [0.4, 0.5) is 24.5 Å². The molecule has 3 atom stereocenters. The molecule has 10 nitrogen and oxygen atoms in total. The minimum Gasteiger partial charge on any atom is -0.497 e. The number of halogens is 3. The molecule has 1 N–H and O–H groups in total. The van der Waals surface area contributed by atoms with Gasteiger partial charge in [-0.05, 0) is 60.2 Å². The van der Waals surface area contributed by atoms with Crippen molar-refractivity contribution in [2.75, 3.05) is 31.5 Å². The Balaban J connectivity index is 1.40. The standard InChI is InChI=1S/C32H26F3N3O7S2/c1-43-20-10-8-19(9-11-20)38-28(40)25-24(16-7-12-21(44-2)22(13-16)45-3)27-30(46-26(25)29(38)41)37(31(42)47-27)15-23(39)36-18-6-4-5-17(14-18)32(33,34)35/h4-14,24-26H,15H2,1-3H3,(H,36,39)/t24-,25?,26?/m1/s1. The maximum Gasteiger partial charge on any atom is 0.416 e. The summed E-state index contributed by atoms with van der Waals surface area (Å²) in [7, 11) is 4.43. The summed E-state index contributed by atoms with van der Waals surface area (Å²) >= 11 is 1.85. The van der Waals surface area contributed by atoms with Crippen molar-refractivity contribution in [1.82, 2.24) is 4.57 Å². The molecule has 2 aliphatic heterocycles. The van der Waals surface area contributed by atoms with Crippen molar-refractivity contribution in [2.24, 2.45) is 5.92 Å². The molecule has 0 radical (unpaired) electrons. The Morgan fingerprint density at radius 3 is 2.28 bits per heavy atom. The second-order valence-electron chi connectivity index (χ2n) is 10.6. The molecule has 47 heavy (non-hydrogen) atoms. The van der Waals surface area contributed by atoms with Crippen molar-refractivity contribution in [3.05, 3.63) is 92.4 Å². The first kappa shape index (κ1) is 32.2. The summed E-state index contributed by atoms with van der Waals surface area (Å²) in [5.41, 5.74) is -0.100. The number of fused-ring (bicyclic) bond motifs is 2. The van der Waals surface area contributed by atoms with Crippen LogP contribution < -0.4 is 29.3 Å². The minimum atomic E-state index is -4.61. The van der Waals surface area contributed by atoms with Crippen molar-refractivity contribution >= 4 is 52.2 Å². The van der Waals surface area contributed by atoms with E-state index in [1.807, 2.05) is 0 Å². The highest BCUT2D eigenvalue weighted by Crippen LogP contribution is 2.54. The van der Waals surface area contributed by atoms with Gasteiger partial charge >= 0.3 is 11.0 Å². The van der Waals surface area contributed by atoms with Gasteiger partial charge in [-0.2, -0.15) is 13.2 Å². The molecule has 244 valence electrons. The number of methoxy groups -OCH3 is 3. The first-order valence-corrected chi connectivity index (χ1v) is 15.8. The number of anilines is 2. The van der Waals surface area contributed by atoms with Gasteiger partial charge < -0.3 is 19.5 Å². The van der Waals surface area contributed by atoms with Crippen LogP contribution in [0.1, 0.15) is 21.9 Å². The van der Waals surface area contributed by atoms with Gasteiger partial charge in [0.2, 0.25) is 17.7 Å². The monoisotopic (exact) mass is 685 g/mol. The summed E-state index contributed by atoms with van der Waals surface area (Å²) in [6.45, 7) is -0.533. The van der Waals surface area contributed by atoms with E-state index in [2.05, 4.69) is 5.32 Å². The van der Waals surface area contributed by atoms with Gasteiger partial charge in [-0.15, -0.1) is 0 Å². The molecule has 0 aliphatic carbocycles. The number of imide groups is 1. The molecule has 0 bridgehead atoms. The third kappa shape index (κ3) is 5.84. The maximum atomic E-state index is 14.1. The Morgan fingerprint density at radius 1 is 0.894 bits per heavy atom. The van der Waals surface area contributed by atoms with Crippen LogP contribution in [0.15, 0.2) is 76.6 Å². The van der Waals surface area contributed by atoms with E-state index in [9.17, 15) is 32.3 Å². The number of ether oxygens (including phenoxy) is 3. The number of carbonyl (C=O) groups is 3. The highest BCUT2D eigenvalue weighted by atomic mass is 32.2. The lowest BCUT2D eigenvalue weighted by Crippen LogP contribution is -2.33. The second kappa shape index (κ2) is 12.4. The lowest BCUT2D eigenvalue weighted by Gasteiger charge is -2.31. The number of benzene rings is 3. The summed E-state index contributed by atoms with van der Waals surface area (Å²) in [5.74, 6) is -2.04. The van der Waals surface area contributed by atoms with Crippen LogP contribution in [0.25, 0.3) is 0 Å². The fourth-order valence-electron chi connectivity index (χ4n) is 5.76. The molecular formula is C32H26F3N3O7S2. The average Bonchev–Trinajstić information content (AvgIpc) is 3.50. The van der Waals surface area contributed by atoms with E-state index in [4.69, 9.17) is 14.2 Å². The highest BCUT2D eigenvalue weighted by molar-refractivity contribution is 8.00. The quantitative estimate of drug-likeness (QED) is 0.246. The molecule has 2 aliphatic rings. The van der Waals surface area contributed by atoms with E-state index in [0.29, 0.717) is 38.4 Å². The molecule has 1 fully saturated rings. The van der Waals surface area contributed by atoms with Gasteiger partial charge in [0.25, 0.3) is 0 Å². The molecule has 3 amide bonds.